The summed E-state index contributed by atoms with van der Waals surface area (Å²) in [5.74, 6) is 1.13. The van der Waals surface area contributed by atoms with Crippen LogP contribution in [0, 0.1) is 10.1 Å². The molecule has 166 valence electrons. The number of hydrogen-bond donors (Lipinski definition) is 2. The van der Waals surface area contributed by atoms with Crippen molar-refractivity contribution in [2.24, 2.45) is 0 Å². The van der Waals surface area contributed by atoms with Gasteiger partial charge in [-0.1, -0.05) is 30.3 Å². The van der Waals surface area contributed by atoms with Crippen LogP contribution in [0.1, 0.15) is 12.0 Å². The van der Waals surface area contributed by atoms with Crippen LogP contribution in [-0.4, -0.2) is 40.2 Å². The molecule has 3 aromatic rings. The van der Waals surface area contributed by atoms with E-state index in [0.29, 0.717) is 31.8 Å². The topological polar surface area (TPSA) is 119 Å². The number of nitrogens with zero attached hydrogens (tertiary/aromatic N) is 2. The Morgan fingerprint density at radius 2 is 1.88 bits per heavy atom. The molecule has 1 fully saturated rings. The monoisotopic (exact) mass is 437 g/mol. The van der Waals surface area contributed by atoms with Crippen LogP contribution in [0.3, 0.4) is 0 Å². The van der Waals surface area contributed by atoms with Crippen molar-refractivity contribution in [3.8, 4) is 17.4 Å². The zero-order chi connectivity index (χ0) is 22.4. The number of aliphatic hydroxyl groups excluding tert-OH is 1. The zero-order valence-electron chi connectivity index (χ0n) is 17.2. The lowest BCUT2D eigenvalue weighted by Crippen LogP contribution is -2.45. The smallest absolute Gasteiger partial charge is 0.331 e. The van der Waals surface area contributed by atoms with Crippen molar-refractivity contribution < 1.29 is 24.2 Å². The Morgan fingerprint density at radius 3 is 2.56 bits per heavy atom. The van der Waals surface area contributed by atoms with Gasteiger partial charge in [-0.3, -0.25) is 15.4 Å². The number of pyridine rings is 1. The quantitative estimate of drug-likeness (QED) is 0.203. The molecular weight excluding hydrogens is 414 g/mol. The number of nitro groups is 1. The first-order valence-corrected chi connectivity index (χ1v) is 10.2. The lowest BCUT2D eigenvalue weighted by atomic mass is 10.1. The number of aromatic nitrogens is 1. The molecule has 2 aromatic carbocycles. The van der Waals surface area contributed by atoms with Gasteiger partial charge in [-0.05, 0) is 48.7 Å². The third-order valence-electron chi connectivity index (χ3n) is 4.93. The highest BCUT2D eigenvalue weighted by Gasteiger charge is 2.47. The largest absolute Gasteiger partial charge is 0.489 e. The van der Waals surface area contributed by atoms with Crippen LogP contribution in [0.5, 0.6) is 17.4 Å². The van der Waals surface area contributed by atoms with E-state index in [-0.39, 0.29) is 11.6 Å². The fraction of sp³-hybridized carbons (Fsp3) is 0.261. The molecular formula is C23H23N3O6. The van der Waals surface area contributed by atoms with Gasteiger partial charge >= 0.3 is 5.69 Å². The molecule has 0 bridgehead atoms. The fourth-order valence-electron chi connectivity index (χ4n) is 3.13. The Bertz CT molecular complexity index is 1040. The lowest BCUT2D eigenvalue weighted by molar-refractivity contribution is -0.386. The van der Waals surface area contributed by atoms with Crippen molar-refractivity contribution in [3.63, 3.8) is 0 Å². The van der Waals surface area contributed by atoms with E-state index in [1.54, 1.807) is 12.1 Å². The summed E-state index contributed by atoms with van der Waals surface area (Å²) in [6, 6.07) is 19.4. The molecule has 0 radical (unpaired) electrons. The highest BCUT2D eigenvalue weighted by atomic mass is 16.6. The summed E-state index contributed by atoms with van der Waals surface area (Å²) in [4.78, 5) is 14.5. The van der Waals surface area contributed by atoms with Crippen molar-refractivity contribution in [1.82, 2.24) is 10.3 Å². The molecule has 2 N–H and O–H groups in total. The first-order valence-electron chi connectivity index (χ1n) is 10.2. The van der Waals surface area contributed by atoms with Crippen LogP contribution in [-0.2, 0) is 11.2 Å². The van der Waals surface area contributed by atoms with Gasteiger partial charge in [0.15, 0.2) is 5.72 Å². The molecule has 1 saturated heterocycles. The second-order valence-corrected chi connectivity index (χ2v) is 7.41. The standard InChI is InChI=1S/C23H23N3O6/c27-21(25-23(16-31-23)15-30-18-5-2-1-3-6-18)13-10-17-8-11-19(12-9-17)32-22-20(26(28)29)7-4-14-24-22/h1-9,11-12,14,21,25,27H,10,13,15-16H2/t21?,23-/m1/s1. The molecule has 1 aliphatic rings. The lowest BCUT2D eigenvalue weighted by Gasteiger charge is -2.19. The van der Waals surface area contributed by atoms with Crippen LogP contribution in [0.2, 0.25) is 0 Å². The first-order chi connectivity index (χ1) is 15.5. The molecule has 1 unspecified atom stereocenters. The molecule has 0 amide bonds. The van der Waals surface area contributed by atoms with E-state index in [9.17, 15) is 15.2 Å². The molecule has 1 aromatic heterocycles. The molecule has 9 heteroatoms. The number of benzene rings is 2. The summed E-state index contributed by atoms with van der Waals surface area (Å²) in [7, 11) is 0. The van der Waals surface area contributed by atoms with E-state index < -0.39 is 16.9 Å². The van der Waals surface area contributed by atoms with Crippen LogP contribution in [0.4, 0.5) is 5.69 Å². The summed E-state index contributed by atoms with van der Waals surface area (Å²) in [6.45, 7) is 0.780. The third kappa shape index (κ3) is 5.79. The zero-order valence-corrected chi connectivity index (χ0v) is 17.2. The number of ether oxygens (including phenoxy) is 3. The fourth-order valence-corrected chi connectivity index (χ4v) is 3.13. The second-order valence-electron chi connectivity index (χ2n) is 7.41. The van der Waals surface area contributed by atoms with Crippen molar-refractivity contribution in [2.75, 3.05) is 13.2 Å². The number of rotatable bonds is 11. The van der Waals surface area contributed by atoms with Crippen molar-refractivity contribution in [1.29, 1.82) is 0 Å². The van der Waals surface area contributed by atoms with Crippen molar-refractivity contribution in [3.05, 3.63) is 88.6 Å². The van der Waals surface area contributed by atoms with Gasteiger partial charge in [0.2, 0.25) is 0 Å². The highest BCUT2D eigenvalue weighted by molar-refractivity contribution is 5.43. The summed E-state index contributed by atoms with van der Waals surface area (Å²) in [5.41, 5.74) is 0.128. The summed E-state index contributed by atoms with van der Waals surface area (Å²) in [6.07, 6.45) is 1.77. The van der Waals surface area contributed by atoms with Crippen LogP contribution in [0.25, 0.3) is 0 Å². The predicted octanol–water partition coefficient (Wildman–Crippen LogP) is 3.43. The SMILES string of the molecule is O=[N+]([O-])c1cccnc1Oc1ccc(CCC(O)N[C@@]2(COc3ccccc3)CO2)cc1. The molecule has 2 heterocycles. The number of para-hydroxylation sites is 1. The van der Waals surface area contributed by atoms with Gasteiger partial charge in [-0.2, -0.15) is 0 Å². The number of aryl methyl sites for hydroxylation is 1. The maximum atomic E-state index is 11.1. The average molecular weight is 437 g/mol. The second kappa shape index (κ2) is 9.73. The third-order valence-corrected chi connectivity index (χ3v) is 4.93. The summed E-state index contributed by atoms with van der Waals surface area (Å²) in [5, 5.41) is 24.5. The first kappa shape index (κ1) is 21.7. The van der Waals surface area contributed by atoms with Crippen LogP contribution >= 0.6 is 0 Å². The highest BCUT2D eigenvalue weighted by Crippen LogP contribution is 2.29. The van der Waals surface area contributed by atoms with E-state index in [1.165, 1.54) is 18.3 Å². The maximum absolute atomic E-state index is 11.1. The number of nitrogens with one attached hydrogen (secondary N) is 1. The number of aliphatic hydroxyl groups is 1. The Kier molecular flexibility index (Phi) is 6.60. The Hall–Kier alpha value is -3.53. The molecule has 0 spiro atoms. The average Bonchev–Trinajstić information content (AvgIpc) is 3.57. The molecule has 1 aliphatic heterocycles. The minimum absolute atomic E-state index is 0.0580. The normalized spacial score (nSPS) is 18.0. The van der Waals surface area contributed by atoms with E-state index in [1.807, 2.05) is 42.5 Å². The number of epoxide rings is 1. The van der Waals surface area contributed by atoms with Crippen LogP contribution < -0.4 is 14.8 Å². The minimum Gasteiger partial charge on any atom is -0.489 e. The van der Waals surface area contributed by atoms with E-state index in [2.05, 4.69) is 10.3 Å². The number of hydrogen-bond acceptors (Lipinski definition) is 8. The van der Waals surface area contributed by atoms with Gasteiger partial charge in [0.05, 0.1) is 11.5 Å². The van der Waals surface area contributed by atoms with Gasteiger partial charge in [0.1, 0.15) is 24.3 Å². The Morgan fingerprint density at radius 1 is 1.12 bits per heavy atom. The Balaban J connectivity index is 1.25. The van der Waals surface area contributed by atoms with Gasteiger partial charge in [0.25, 0.3) is 5.88 Å². The van der Waals surface area contributed by atoms with E-state index in [0.717, 1.165) is 11.3 Å². The Labute approximate surface area is 184 Å². The predicted molar refractivity (Wildman–Crippen MR) is 115 cm³/mol. The molecule has 2 atom stereocenters. The maximum Gasteiger partial charge on any atom is 0.331 e. The van der Waals surface area contributed by atoms with Gasteiger partial charge < -0.3 is 19.3 Å². The van der Waals surface area contributed by atoms with Crippen LogP contribution in [0.15, 0.2) is 72.9 Å². The minimum atomic E-state index is -0.760. The van der Waals surface area contributed by atoms with Crippen molar-refractivity contribution in [2.45, 2.75) is 24.8 Å². The summed E-state index contributed by atoms with van der Waals surface area (Å²) >= 11 is 0. The van der Waals surface area contributed by atoms with Crippen molar-refractivity contribution >= 4 is 5.69 Å². The van der Waals surface area contributed by atoms with E-state index >= 15 is 0 Å². The molecule has 0 saturated carbocycles. The van der Waals surface area contributed by atoms with Gasteiger partial charge in [-0.15, -0.1) is 0 Å². The summed E-state index contributed by atoms with van der Waals surface area (Å²) < 4.78 is 16.7. The van der Waals surface area contributed by atoms with E-state index in [4.69, 9.17) is 14.2 Å². The molecule has 32 heavy (non-hydrogen) atoms. The van der Waals surface area contributed by atoms with Gasteiger partial charge in [-0.25, -0.2) is 4.98 Å². The molecule has 0 aliphatic carbocycles. The molecule has 9 nitrogen and oxygen atoms in total. The molecule has 4 rings (SSSR count). The van der Waals surface area contributed by atoms with Gasteiger partial charge in [0, 0.05) is 12.3 Å².